The number of aliphatic hydroxyl groups is 1. The van der Waals surface area contributed by atoms with Gasteiger partial charge in [-0.15, -0.1) is 10.2 Å². The minimum absolute atomic E-state index is 0.0498. The van der Waals surface area contributed by atoms with Gasteiger partial charge in [0.15, 0.2) is 17.3 Å². The SMILES string of the molecule is COc1ncnc(OC)c1-n1c(NS(=O)(=O)[C@H]2C[C@H](O)CN(c3ncc(F)cn3)C2)nnc1[C@H]1CCCO1. The highest BCUT2D eigenvalue weighted by molar-refractivity contribution is 7.93. The van der Waals surface area contributed by atoms with Crippen LogP contribution in [0.4, 0.5) is 16.3 Å². The smallest absolute Gasteiger partial charge is 0.245 e. The Morgan fingerprint density at radius 3 is 2.45 bits per heavy atom. The fraction of sp³-hybridized carbons (Fsp3) is 0.524. The lowest BCUT2D eigenvalue weighted by Crippen LogP contribution is -2.50. The molecule has 0 unspecified atom stereocenters. The molecule has 0 bridgehead atoms. The van der Waals surface area contributed by atoms with Crippen LogP contribution in [0.15, 0.2) is 18.7 Å². The molecule has 2 N–H and O–H groups in total. The molecule has 0 radical (unpaired) electrons. The van der Waals surface area contributed by atoms with Gasteiger partial charge in [-0.3, -0.25) is 9.29 Å². The number of sulfonamides is 1. The van der Waals surface area contributed by atoms with Crippen LogP contribution in [-0.4, -0.2) is 93.5 Å². The van der Waals surface area contributed by atoms with Gasteiger partial charge in [-0.2, -0.15) is 9.97 Å². The third-order valence-electron chi connectivity index (χ3n) is 6.22. The number of β-amino-alcohol motifs (C(OH)–C–C–N with tert-alkyl or cyclic N) is 1. The highest BCUT2D eigenvalue weighted by atomic mass is 32.2. The molecule has 0 amide bonds. The number of methoxy groups -OCH3 is 2. The van der Waals surface area contributed by atoms with E-state index in [0.717, 1.165) is 18.8 Å². The van der Waals surface area contributed by atoms with Crippen LogP contribution in [0.1, 0.15) is 31.2 Å². The third-order valence-corrected chi connectivity index (χ3v) is 7.91. The number of nitrogens with zero attached hydrogens (tertiary/aromatic N) is 8. The molecule has 2 aliphatic rings. The van der Waals surface area contributed by atoms with Crippen molar-refractivity contribution < 1.29 is 32.1 Å². The fourth-order valence-electron chi connectivity index (χ4n) is 4.50. The van der Waals surface area contributed by atoms with Gasteiger partial charge >= 0.3 is 0 Å². The first-order valence-electron chi connectivity index (χ1n) is 11.7. The Labute approximate surface area is 217 Å². The predicted octanol–water partition coefficient (Wildman–Crippen LogP) is 0.237. The van der Waals surface area contributed by atoms with E-state index >= 15 is 0 Å². The third kappa shape index (κ3) is 5.03. The molecule has 38 heavy (non-hydrogen) atoms. The Balaban J connectivity index is 1.51. The molecular weight excluding hydrogens is 525 g/mol. The first-order valence-corrected chi connectivity index (χ1v) is 13.3. The molecule has 2 aliphatic heterocycles. The maximum atomic E-state index is 13.6. The highest BCUT2D eigenvalue weighted by Gasteiger charge is 2.38. The summed E-state index contributed by atoms with van der Waals surface area (Å²) < 4.78 is 61.0. The summed E-state index contributed by atoms with van der Waals surface area (Å²) in [6, 6.07) is 0. The van der Waals surface area contributed by atoms with Gasteiger partial charge < -0.3 is 24.2 Å². The van der Waals surface area contributed by atoms with Crippen molar-refractivity contribution in [2.45, 2.75) is 36.7 Å². The van der Waals surface area contributed by atoms with Gasteiger partial charge in [-0.25, -0.2) is 22.8 Å². The van der Waals surface area contributed by atoms with E-state index in [-0.39, 0.29) is 48.9 Å². The molecule has 15 nitrogen and oxygen atoms in total. The summed E-state index contributed by atoms with van der Waals surface area (Å²) in [6.45, 7) is 0.554. The number of ether oxygens (including phenoxy) is 3. The number of rotatable bonds is 8. The van der Waals surface area contributed by atoms with Crippen molar-refractivity contribution in [3.63, 3.8) is 0 Å². The predicted molar refractivity (Wildman–Crippen MR) is 129 cm³/mol. The Morgan fingerprint density at radius 2 is 1.82 bits per heavy atom. The molecule has 17 heteroatoms. The molecule has 5 rings (SSSR count). The molecule has 3 aromatic rings. The summed E-state index contributed by atoms with van der Waals surface area (Å²) in [6.07, 6.45) is 3.12. The summed E-state index contributed by atoms with van der Waals surface area (Å²) in [5.74, 6) is -0.171. The molecule has 3 atom stereocenters. The van der Waals surface area contributed by atoms with Gasteiger partial charge in [0.05, 0.1) is 32.7 Å². The van der Waals surface area contributed by atoms with E-state index in [4.69, 9.17) is 14.2 Å². The van der Waals surface area contributed by atoms with Crippen LogP contribution in [-0.2, 0) is 14.8 Å². The van der Waals surface area contributed by atoms with Gasteiger partial charge in [0.2, 0.25) is 33.7 Å². The van der Waals surface area contributed by atoms with E-state index in [9.17, 15) is 17.9 Å². The van der Waals surface area contributed by atoms with Crippen molar-refractivity contribution in [2.75, 3.05) is 43.5 Å². The molecule has 0 saturated carbocycles. The van der Waals surface area contributed by atoms with Gasteiger partial charge in [0.25, 0.3) is 0 Å². The fourth-order valence-corrected chi connectivity index (χ4v) is 5.91. The van der Waals surface area contributed by atoms with E-state index in [1.165, 1.54) is 30.0 Å². The molecule has 0 aromatic carbocycles. The normalized spacial score (nSPS) is 21.9. The molecule has 2 fully saturated rings. The molecular formula is C21H26FN9O6S. The van der Waals surface area contributed by atoms with Crippen molar-refractivity contribution >= 4 is 21.9 Å². The van der Waals surface area contributed by atoms with Crippen molar-refractivity contribution in [1.29, 1.82) is 0 Å². The first-order chi connectivity index (χ1) is 18.3. The molecule has 2 saturated heterocycles. The number of anilines is 2. The second-order valence-corrected chi connectivity index (χ2v) is 10.7. The van der Waals surface area contributed by atoms with E-state index in [2.05, 4.69) is 34.9 Å². The van der Waals surface area contributed by atoms with Crippen LogP contribution in [0.5, 0.6) is 11.8 Å². The van der Waals surface area contributed by atoms with E-state index in [0.29, 0.717) is 18.9 Å². The maximum absolute atomic E-state index is 13.6. The van der Waals surface area contributed by atoms with Crippen molar-refractivity contribution in [1.82, 2.24) is 34.7 Å². The zero-order chi connectivity index (χ0) is 26.9. The number of piperidine rings is 1. The standard InChI is InChI=1S/C21H26FN9O6S/c1-35-18-16(19(36-2)26-11-25-18)31-17(15-4-3-5-37-15)27-28-21(31)29-38(33,34)14-6-13(32)9-30(10-14)20-23-7-12(22)8-24-20/h7-8,11,13-15,32H,3-6,9-10H2,1-2H3,(H,28,29)/t13-,14-,15+/m0/s1. The number of aliphatic hydroxyl groups excluding tert-OH is 1. The average molecular weight is 552 g/mol. The minimum atomic E-state index is -4.17. The summed E-state index contributed by atoms with van der Waals surface area (Å²) in [5.41, 5.74) is 0.190. The topological polar surface area (TPSA) is 180 Å². The highest BCUT2D eigenvalue weighted by Crippen LogP contribution is 2.37. The van der Waals surface area contributed by atoms with Gasteiger partial charge in [-0.05, 0) is 19.3 Å². The Kier molecular flexibility index (Phi) is 7.22. The van der Waals surface area contributed by atoms with Crippen molar-refractivity contribution in [2.24, 2.45) is 0 Å². The van der Waals surface area contributed by atoms with Crippen LogP contribution in [0.25, 0.3) is 5.69 Å². The number of halogens is 1. The zero-order valence-electron chi connectivity index (χ0n) is 20.6. The van der Waals surface area contributed by atoms with Crippen LogP contribution < -0.4 is 19.1 Å². The first kappa shape index (κ1) is 25.9. The monoisotopic (exact) mass is 551 g/mol. The number of hydrogen-bond donors (Lipinski definition) is 2. The number of nitrogens with one attached hydrogen (secondary N) is 1. The maximum Gasteiger partial charge on any atom is 0.245 e. The molecule has 0 aliphatic carbocycles. The molecule has 0 spiro atoms. The Morgan fingerprint density at radius 1 is 1.11 bits per heavy atom. The van der Waals surface area contributed by atoms with E-state index < -0.39 is 33.3 Å². The Bertz CT molecular complexity index is 1360. The van der Waals surface area contributed by atoms with Gasteiger partial charge in [0.1, 0.15) is 17.7 Å². The van der Waals surface area contributed by atoms with Gasteiger partial charge in [0, 0.05) is 19.7 Å². The lowest BCUT2D eigenvalue weighted by Gasteiger charge is -2.35. The summed E-state index contributed by atoms with van der Waals surface area (Å²) in [4.78, 5) is 17.6. The van der Waals surface area contributed by atoms with Gasteiger partial charge in [-0.1, -0.05) is 0 Å². The largest absolute Gasteiger partial charge is 0.479 e. The quantitative estimate of drug-likeness (QED) is 0.389. The lowest BCUT2D eigenvalue weighted by molar-refractivity contribution is 0.103. The summed E-state index contributed by atoms with van der Waals surface area (Å²) >= 11 is 0. The van der Waals surface area contributed by atoms with Crippen LogP contribution in [0.2, 0.25) is 0 Å². The second-order valence-electron chi connectivity index (χ2n) is 8.72. The zero-order valence-corrected chi connectivity index (χ0v) is 21.4. The summed E-state index contributed by atoms with van der Waals surface area (Å²) in [5, 5.41) is 17.7. The molecule has 204 valence electrons. The minimum Gasteiger partial charge on any atom is -0.479 e. The summed E-state index contributed by atoms with van der Waals surface area (Å²) in [7, 11) is -1.36. The van der Waals surface area contributed by atoms with Crippen LogP contribution >= 0.6 is 0 Å². The van der Waals surface area contributed by atoms with E-state index in [1.807, 2.05) is 0 Å². The lowest BCUT2D eigenvalue weighted by atomic mass is 10.1. The molecule has 3 aromatic heterocycles. The second kappa shape index (κ2) is 10.6. The van der Waals surface area contributed by atoms with Crippen molar-refractivity contribution in [3.8, 4) is 17.4 Å². The average Bonchev–Trinajstić information content (AvgIpc) is 3.58. The van der Waals surface area contributed by atoms with Crippen molar-refractivity contribution in [3.05, 3.63) is 30.4 Å². The number of aromatic nitrogens is 7. The molecule has 5 heterocycles. The van der Waals surface area contributed by atoms with E-state index in [1.54, 1.807) is 0 Å². The van der Waals surface area contributed by atoms with Crippen LogP contribution in [0, 0.1) is 5.82 Å². The van der Waals surface area contributed by atoms with Crippen LogP contribution in [0.3, 0.4) is 0 Å². The Hall–Kier alpha value is -3.70. The number of hydrogen-bond acceptors (Lipinski definition) is 13.